The summed E-state index contributed by atoms with van der Waals surface area (Å²) >= 11 is 0. The highest BCUT2D eigenvalue weighted by Crippen LogP contribution is 2.13. The van der Waals surface area contributed by atoms with Gasteiger partial charge in [0, 0.05) is 19.3 Å². The molecule has 0 aliphatic carbocycles. The van der Waals surface area contributed by atoms with Crippen LogP contribution in [0.5, 0.6) is 0 Å². The Kier molecular flexibility index (Phi) is 48.2. The molecule has 0 amide bonds. The van der Waals surface area contributed by atoms with Crippen LogP contribution < -0.4 is 0 Å². The van der Waals surface area contributed by atoms with Crippen LogP contribution in [0.25, 0.3) is 0 Å². The summed E-state index contributed by atoms with van der Waals surface area (Å²) in [6, 6.07) is 0. The lowest BCUT2D eigenvalue weighted by Gasteiger charge is -2.18. The van der Waals surface area contributed by atoms with Crippen molar-refractivity contribution in [2.75, 3.05) is 13.2 Å². The van der Waals surface area contributed by atoms with Gasteiger partial charge in [-0.15, -0.1) is 0 Å². The van der Waals surface area contributed by atoms with Crippen LogP contribution in [0, 0.1) is 0 Å². The Hall–Kier alpha value is -4.71. The van der Waals surface area contributed by atoms with Gasteiger partial charge >= 0.3 is 17.9 Å². The molecule has 0 saturated heterocycles. The molecule has 0 aromatic rings. The standard InChI is InChI=1S/C59H90O6/c1-4-7-10-13-16-19-22-25-27-29-31-34-37-40-43-46-49-52-58(61)64-55-56(54-63-57(60)51-48-45-42-39-36-33-24-21-18-15-12-9-6-3)65-59(62)53-50-47-44-41-38-35-32-30-28-26-23-20-17-14-11-8-5-2/h7,9-10,12-13,15-22,24-29,31,33-34,36-37,56H,4-6,8,11,14,23,30,32,35,38-55H2,1-3H3/b10-7-,12-9-,16-13-,18-15-,20-17-,22-19-,24-21-,27-25-,28-26-,31-29+,36-33-,37-34-. The largest absolute Gasteiger partial charge is 0.462 e. The highest BCUT2D eigenvalue weighted by atomic mass is 16.6. The molecule has 0 spiro atoms. The first kappa shape index (κ1) is 60.3. The highest BCUT2D eigenvalue weighted by molar-refractivity contribution is 5.71. The van der Waals surface area contributed by atoms with Crippen molar-refractivity contribution in [3.8, 4) is 0 Å². The molecule has 0 radical (unpaired) electrons. The molecular formula is C59H90O6. The van der Waals surface area contributed by atoms with E-state index in [1.54, 1.807) is 0 Å². The first-order chi connectivity index (χ1) is 32.0. The van der Waals surface area contributed by atoms with Crippen LogP contribution in [0.1, 0.15) is 188 Å². The van der Waals surface area contributed by atoms with E-state index in [9.17, 15) is 14.4 Å². The predicted molar refractivity (Wildman–Crippen MR) is 279 cm³/mol. The Balaban J connectivity index is 4.58. The Morgan fingerprint density at radius 1 is 0.338 bits per heavy atom. The van der Waals surface area contributed by atoms with E-state index in [0.717, 1.165) is 96.3 Å². The zero-order valence-corrected chi connectivity index (χ0v) is 41.2. The van der Waals surface area contributed by atoms with Crippen molar-refractivity contribution in [2.24, 2.45) is 0 Å². The third kappa shape index (κ3) is 50.2. The van der Waals surface area contributed by atoms with Crippen LogP contribution >= 0.6 is 0 Å². The average Bonchev–Trinajstić information content (AvgIpc) is 3.30. The van der Waals surface area contributed by atoms with Crippen LogP contribution in [0.4, 0.5) is 0 Å². The summed E-state index contributed by atoms with van der Waals surface area (Å²) in [7, 11) is 0. The summed E-state index contributed by atoms with van der Waals surface area (Å²) in [6.07, 6.45) is 73.9. The fourth-order valence-corrected chi connectivity index (χ4v) is 6.28. The summed E-state index contributed by atoms with van der Waals surface area (Å²) in [5, 5.41) is 0. The lowest BCUT2D eigenvalue weighted by Crippen LogP contribution is -2.30. The van der Waals surface area contributed by atoms with Gasteiger partial charge in [-0.05, 0) is 89.9 Å². The maximum absolute atomic E-state index is 12.8. The molecule has 0 aromatic carbocycles. The Labute approximate surface area is 397 Å². The molecule has 1 unspecified atom stereocenters. The number of rotatable bonds is 43. The average molecular weight is 895 g/mol. The molecule has 0 bridgehead atoms. The number of ether oxygens (including phenoxy) is 3. The first-order valence-corrected chi connectivity index (χ1v) is 25.5. The zero-order chi connectivity index (χ0) is 47.2. The van der Waals surface area contributed by atoms with E-state index < -0.39 is 6.10 Å². The topological polar surface area (TPSA) is 78.9 Å². The normalized spacial score (nSPS) is 13.3. The quantitative estimate of drug-likeness (QED) is 0.0199. The van der Waals surface area contributed by atoms with Gasteiger partial charge in [0.15, 0.2) is 6.10 Å². The minimum Gasteiger partial charge on any atom is -0.462 e. The lowest BCUT2D eigenvalue weighted by molar-refractivity contribution is -0.167. The SMILES string of the molecule is CC\C=C/C=C\C=C/C=C\C=C\C=C/CCCCCC(=O)OCC(COC(=O)CCCCC\C=C/C=C\C=C/C=C\CC)OC(=O)CCCCCCCCC/C=C\C/C=C\CCCCC. The van der Waals surface area contributed by atoms with Gasteiger partial charge in [0.1, 0.15) is 13.2 Å². The lowest BCUT2D eigenvalue weighted by atomic mass is 10.1. The van der Waals surface area contributed by atoms with Crippen molar-refractivity contribution in [1.29, 1.82) is 0 Å². The number of hydrogen-bond acceptors (Lipinski definition) is 6. The maximum atomic E-state index is 12.8. The molecule has 6 nitrogen and oxygen atoms in total. The van der Waals surface area contributed by atoms with Gasteiger partial charge < -0.3 is 14.2 Å². The second-order valence-electron chi connectivity index (χ2n) is 16.2. The third-order valence-corrected chi connectivity index (χ3v) is 10.1. The molecule has 0 rings (SSSR count). The number of unbranched alkanes of at least 4 members (excludes halogenated alkanes) is 16. The van der Waals surface area contributed by atoms with Crippen molar-refractivity contribution >= 4 is 17.9 Å². The summed E-state index contributed by atoms with van der Waals surface area (Å²) in [5.41, 5.74) is 0. The minimum absolute atomic E-state index is 0.123. The molecular weight excluding hydrogens is 805 g/mol. The maximum Gasteiger partial charge on any atom is 0.306 e. The van der Waals surface area contributed by atoms with Gasteiger partial charge in [-0.2, -0.15) is 0 Å². The number of carbonyl (C=O) groups excluding carboxylic acids is 3. The van der Waals surface area contributed by atoms with E-state index in [-0.39, 0.29) is 31.1 Å². The molecule has 0 aliphatic heterocycles. The highest BCUT2D eigenvalue weighted by Gasteiger charge is 2.19. The molecule has 6 heteroatoms. The number of carbonyl (C=O) groups is 3. The summed E-state index contributed by atoms with van der Waals surface area (Å²) < 4.78 is 16.7. The predicted octanol–water partition coefficient (Wildman–Crippen LogP) is 16.9. The van der Waals surface area contributed by atoms with Crippen molar-refractivity contribution in [2.45, 2.75) is 194 Å². The fourth-order valence-electron chi connectivity index (χ4n) is 6.28. The van der Waals surface area contributed by atoms with Gasteiger partial charge in [-0.1, -0.05) is 224 Å². The van der Waals surface area contributed by atoms with Crippen molar-refractivity contribution < 1.29 is 28.6 Å². The third-order valence-electron chi connectivity index (χ3n) is 10.1. The van der Waals surface area contributed by atoms with Crippen molar-refractivity contribution in [3.05, 3.63) is 146 Å². The van der Waals surface area contributed by atoms with Crippen LogP contribution in [-0.2, 0) is 28.6 Å². The monoisotopic (exact) mass is 895 g/mol. The van der Waals surface area contributed by atoms with Crippen LogP contribution in [0.3, 0.4) is 0 Å². The molecule has 1 atom stereocenters. The first-order valence-electron chi connectivity index (χ1n) is 25.5. The van der Waals surface area contributed by atoms with Gasteiger partial charge in [-0.3, -0.25) is 14.4 Å². The molecule has 0 aromatic heterocycles. The molecule has 0 saturated carbocycles. The molecule has 362 valence electrons. The van der Waals surface area contributed by atoms with Gasteiger partial charge in [0.2, 0.25) is 0 Å². The minimum atomic E-state index is -0.823. The second kappa shape index (κ2) is 51.9. The van der Waals surface area contributed by atoms with Gasteiger partial charge in [0.05, 0.1) is 0 Å². The summed E-state index contributed by atoms with van der Waals surface area (Å²) in [5.74, 6) is -1.02. The Morgan fingerprint density at radius 2 is 0.662 bits per heavy atom. The Morgan fingerprint density at radius 3 is 1.08 bits per heavy atom. The molecule has 0 fully saturated rings. The number of allylic oxidation sites excluding steroid dienone is 24. The van der Waals surface area contributed by atoms with Gasteiger partial charge in [-0.25, -0.2) is 0 Å². The molecule has 65 heavy (non-hydrogen) atoms. The summed E-state index contributed by atoms with van der Waals surface area (Å²) in [4.78, 5) is 38.0. The number of hydrogen-bond donors (Lipinski definition) is 0. The van der Waals surface area contributed by atoms with Crippen molar-refractivity contribution in [1.82, 2.24) is 0 Å². The van der Waals surface area contributed by atoms with E-state index in [0.29, 0.717) is 25.7 Å². The van der Waals surface area contributed by atoms with Crippen molar-refractivity contribution in [3.63, 3.8) is 0 Å². The molecule has 0 aliphatic rings. The second-order valence-corrected chi connectivity index (χ2v) is 16.2. The van der Waals surface area contributed by atoms with E-state index in [1.807, 2.05) is 97.2 Å². The Bertz CT molecular complexity index is 1490. The molecule has 0 N–H and O–H groups in total. The summed E-state index contributed by atoms with van der Waals surface area (Å²) in [6.45, 7) is 6.22. The smallest absolute Gasteiger partial charge is 0.306 e. The van der Waals surface area contributed by atoms with Crippen LogP contribution in [-0.4, -0.2) is 37.2 Å². The van der Waals surface area contributed by atoms with E-state index in [4.69, 9.17) is 14.2 Å². The van der Waals surface area contributed by atoms with Gasteiger partial charge in [0.25, 0.3) is 0 Å². The fraction of sp³-hybridized carbons (Fsp3) is 0.542. The van der Waals surface area contributed by atoms with Crippen LogP contribution in [0.2, 0.25) is 0 Å². The zero-order valence-electron chi connectivity index (χ0n) is 41.2. The van der Waals surface area contributed by atoms with Crippen LogP contribution in [0.15, 0.2) is 146 Å². The molecule has 0 heterocycles. The van der Waals surface area contributed by atoms with E-state index in [2.05, 4.69) is 69.4 Å². The number of esters is 3. The van der Waals surface area contributed by atoms with E-state index >= 15 is 0 Å². The van der Waals surface area contributed by atoms with E-state index in [1.165, 1.54) is 44.9 Å².